The van der Waals surface area contributed by atoms with E-state index in [1.807, 2.05) is 43.3 Å². The van der Waals surface area contributed by atoms with E-state index < -0.39 is 0 Å². The largest absolute Gasteiger partial charge is 0.489 e. The molecule has 82 valence electrons. The van der Waals surface area contributed by atoms with Crippen LogP contribution in [0.25, 0.3) is 0 Å². The van der Waals surface area contributed by atoms with Crippen molar-refractivity contribution >= 4 is 12.6 Å². The standard InChI is InChI=1S/C14H14OS/c1-11-13(8-5-9-14(11)16)15-10-12-6-3-2-4-7-12/h2-9,16H,10H2,1H3. The molecule has 0 amide bonds. The van der Waals surface area contributed by atoms with Crippen LogP contribution in [0.1, 0.15) is 11.1 Å². The van der Waals surface area contributed by atoms with Crippen LogP contribution >= 0.6 is 12.6 Å². The van der Waals surface area contributed by atoms with Crippen LogP contribution in [-0.2, 0) is 6.61 Å². The minimum absolute atomic E-state index is 0.596. The van der Waals surface area contributed by atoms with E-state index in [0.29, 0.717) is 6.61 Å². The van der Waals surface area contributed by atoms with Gasteiger partial charge in [-0.1, -0.05) is 36.4 Å². The molecule has 0 aliphatic carbocycles. The summed E-state index contributed by atoms with van der Waals surface area (Å²) in [4.78, 5) is 0.963. The fourth-order valence-corrected chi connectivity index (χ4v) is 1.69. The summed E-state index contributed by atoms with van der Waals surface area (Å²) in [6.45, 7) is 2.61. The van der Waals surface area contributed by atoms with Crippen molar-refractivity contribution in [2.24, 2.45) is 0 Å². The van der Waals surface area contributed by atoms with E-state index in [1.165, 1.54) is 5.56 Å². The Balaban J connectivity index is 2.08. The third-order valence-corrected chi connectivity index (χ3v) is 2.98. The summed E-state index contributed by atoms with van der Waals surface area (Å²) < 4.78 is 5.75. The molecule has 2 aromatic carbocycles. The zero-order valence-corrected chi connectivity index (χ0v) is 10.1. The van der Waals surface area contributed by atoms with E-state index in [2.05, 4.69) is 24.8 Å². The average Bonchev–Trinajstić information content (AvgIpc) is 2.32. The molecule has 0 fully saturated rings. The highest BCUT2D eigenvalue weighted by molar-refractivity contribution is 7.80. The maximum atomic E-state index is 5.75. The molecule has 0 aliphatic rings. The second-order valence-electron chi connectivity index (χ2n) is 3.67. The third kappa shape index (κ3) is 2.58. The lowest BCUT2D eigenvalue weighted by molar-refractivity contribution is 0.303. The second kappa shape index (κ2) is 5.08. The van der Waals surface area contributed by atoms with Gasteiger partial charge in [-0.2, -0.15) is 0 Å². The van der Waals surface area contributed by atoms with Crippen LogP contribution in [0.3, 0.4) is 0 Å². The molecule has 2 aromatic rings. The summed E-state index contributed by atoms with van der Waals surface area (Å²) in [7, 11) is 0. The number of thiol groups is 1. The zero-order chi connectivity index (χ0) is 11.4. The van der Waals surface area contributed by atoms with E-state index >= 15 is 0 Å². The molecular formula is C14H14OS. The van der Waals surface area contributed by atoms with Crippen LogP contribution in [-0.4, -0.2) is 0 Å². The van der Waals surface area contributed by atoms with Gasteiger partial charge in [-0.25, -0.2) is 0 Å². The molecule has 0 heterocycles. The zero-order valence-electron chi connectivity index (χ0n) is 9.18. The quantitative estimate of drug-likeness (QED) is 0.788. The monoisotopic (exact) mass is 230 g/mol. The van der Waals surface area contributed by atoms with Crippen LogP contribution in [0.4, 0.5) is 0 Å². The van der Waals surface area contributed by atoms with Gasteiger partial charge in [0.15, 0.2) is 0 Å². The molecule has 0 saturated heterocycles. The van der Waals surface area contributed by atoms with E-state index in [4.69, 9.17) is 4.74 Å². The number of rotatable bonds is 3. The molecule has 0 aliphatic heterocycles. The van der Waals surface area contributed by atoms with Crippen molar-refractivity contribution < 1.29 is 4.74 Å². The Kier molecular flexibility index (Phi) is 3.52. The number of ether oxygens (including phenoxy) is 1. The Morgan fingerprint density at radius 1 is 1.00 bits per heavy atom. The molecule has 16 heavy (non-hydrogen) atoms. The first kappa shape index (κ1) is 11.1. The van der Waals surface area contributed by atoms with E-state index in [0.717, 1.165) is 16.2 Å². The van der Waals surface area contributed by atoms with Crippen molar-refractivity contribution in [1.29, 1.82) is 0 Å². The van der Waals surface area contributed by atoms with Crippen molar-refractivity contribution in [1.82, 2.24) is 0 Å². The van der Waals surface area contributed by atoms with Crippen LogP contribution < -0.4 is 4.74 Å². The maximum absolute atomic E-state index is 5.75. The Morgan fingerprint density at radius 2 is 1.75 bits per heavy atom. The minimum atomic E-state index is 0.596. The second-order valence-corrected chi connectivity index (χ2v) is 4.16. The molecule has 0 saturated carbocycles. The first-order valence-electron chi connectivity index (χ1n) is 5.22. The number of hydrogen-bond acceptors (Lipinski definition) is 2. The van der Waals surface area contributed by atoms with Crippen molar-refractivity contribution in [3.05, 3.63) is 59.7 Å². The molecule has 1 nitrogen and oxygen atoms in total. The minimum Gasteiger partial charge on any atom is -0.489 e. The Bertz CT molecular complexity index is 465. The van der Waals surface area contributed by atoms with Gasteiger partial charge >= 0.3 is 0 Å². The number of hydrogen-bond donors (Lipinski definition) is 1. The number of benzene rings is 2. The lowest BCUT2D eigenvalue weighted by Gasteiger charge is -2.10. The first-order chi connectivity index (χ1) is 7.77. The van der Waals surface area contributed by atoms with Gasteiger partial charge in [0.05, 0.1) is 0 Å². The molecule has 0 atom stereocenters. The molecule has 0 N–H and O–H groups in total. The highest BCUT2D eigenvalue weighted by Crippen LogP contribution is 2.24. The van der Waals surface area contributed by atoms with Gasteiger partial charge in [0, 0.05) is 10.5 Å². The van der Waals surface area contributed by atoms with E-state index in [9.17, 15) is 0 Å². The molecule has 0 radical (unpaired) electrons. The van der Waals surface area contributed by atoms with Gasteiger partial charge in [0.1, 0.15) is 12.4 Å². The molecule has 0 aromatic heterocycles. The van der Waals surface area contributed by atoms with Crippen LogP contribution in [0.5, 0.6) is 5.75 Å². The summed E-state index contributed by atoms with van der Waals surface area (Å²) in [5.41, 5.74) is 2.26. The smallest absolute Gasteiger partial charge is 0.123 e. The van der Waals surface area contributed by atoms with Gasteiger partial charge < -0.3 is 4.74 Å². The SMILES string of the molecule is Cc1c(S)cccc1OCc1ccccc1. The highest BCUT2D eigenvalue weighted by atomic mass is 32.1. The van der Waals surface area contributed by atoms with Crippen molar-refractivity contribution in [2.45, 2.75) is 18.4 Å². The molecular weight excluding hydrogens is 216 g/mol. The van der Waals surface area contributed by atoms with Crippen LogP contribution in [0.15, 0.2) is 53.4 Å². The predicted molar refractivity (Wildman–Crippen MR) is 69.2 cm³/mol. The fourth-order valence-electron chi connectivity index (χ4n) is 1.49. The van der Waals surface area contributed by atoms with Crippen molar-refractivity contribution in [2.75, 3.05) is 0 Å². The summed E-state index contributed by atoms with van der Waals surface area (Å²) in [6.07, 6.45) is 0. The highest BCUT2D eigenvalue weighted by Gasteiger charge is 2.02. The summed E-state index contributed by atoms with van der Waals surface area (Å²) in [5.74, 6) is 0.899. The Hall–Kier alpha value is -1.41. The van der Waals surface area contributed by atoms with Gasteiger partial charge in [0.25, 0.3) is 0 Å². The molecule has 0 bridgehead atoms. The third-order valence-electron chi connectivity index (χ3n) is 2.49. The topological polar surface area (TPSA) is 9.23 Å². The average molecular weight is 230 g/mol. The molecule has 2 heteroatoms. The Morgan fingerprint density at radius 3 is 2.50 bits per heavy atom. The maximum Gasteiger partial charge on any atom is 0.123 e. The van der Waals surface area contributed by atoms with Crippen molar-refractivity contribution in [3.8, 4) is 5.75 Å². The van der Waals surface area contributed by atoms with Gasteiger partial charge in [-0.3, -0.25) is 0 Å². The van der Waals surface area contributed by atoms with E-state index in [1.54, 1.807) is 0 Å². The lowest BCUT2D eigenvalue weighted by Crippen LogP contribution is -1.96. The van der Waals surface area contributed by atoms with Gasteiger partial charge in [-0.15, -0.1) is 12.6 Å². The van der Waals surface area contributed by atoms with Crippen LogP contribution in [0.2, 0.25) is 0 Å². The molecule has 2 rings (SSSR count). The normalized spacial score (nSPS) is 10.1. The van der Waals surface area contributed by atoms with Gasteiger partial charge in [0.2, 0.25) is 0 Å². The summed E-state index contributed by atoms with van der Waals surface area (Å²) >= 11 is 4.37. The summed E-state index contributed by atoms with van der Waals surface area (Å²) in [5, 5.41) is 0. The van der Waals surface area contributed by atoms with Crippen LogP contribution in [0, 0.1) is 6.92 Å². The van der Waals surface area contributed by atoms with Crippen molar-refractivity contribution in [3.63, 3.8) is 0 Å². The van der Waals surface area contributed by atoms with Gasteiger partial charge in [-0.05, 0) is 24.6 Å². The summed E-state index contributed by atoms with van der Waals surface area (Å²) in [6, 6.07) is 16.0. The Labute approximate surface area is 101 Å². The first-order valence-corrected chi connectivity index (χ1v) is 5.67. The lowest BCUT2D eigenvalue weighted by atomic mass is 10.2. The fraction of sp³-hybridized carbons (Fsp3) is 0.143. The molecule has 0 spiro atoms. The van der Waals surface area contributed by atoms with E-state index in [-0.39, 0.29) is 0 Å². The molecule has 0 unspecified atom stereocenters. The predicted octanol–water partition coefficient (Wildman–Crippen LogP) is 3.86.